The van der Waals surface area contributed by atoms with Gasteiger partial charge in [0, 0.05) is 11.5 Å². The zero-order chi connectivity index (χ0) is 10.3. The lowest BCUT2D eigenvalue weighted by molar-refractivity contribution is 0.0665. The number of aryl methyl sites for hydroxylation is 1. The van der Waals surface area contributed by atoms with E-state index in [4.69, 9.17) is 21.1 Å². The predicted octanol–water partition coefficient (Wildman–Crippen LogP) is 3.09. The summed E-state index contributed by atoms with van der Waals surface area (Å²) in [5.74, 6) is -1.18. The Labute approximate surface area is 84.9 Å². The Kier molecular flexibility index (Phi) is 1.97. The molecule has 0 amide bonds. The average molecular weight is 211 g/mol. The van der Waals surface area contributed by atoms with Crippen molar-refractivity contribution < 1.29 is 14.3 Å². The van der Waals surface area contributed by atoms with Crippen LogP contribution >= 0.6 is 11.6 Å². The van der Waals surface area contributed by atoms with E-state index in [-0.39, 0.29) is 5.76 Å². The van der Waals surface area contributed by atoms with Crippen molar-refractivity contribution in [3.05, 3.63) is 34.5 Å². The van der Waals surface area contributed by atoms with Gasteiger partial charge in [-0.15, -0.1) is 0 Å². The Balaban J connectivity index is 2.77. The Bertz CT molecular complexity index is 513. The van der Waals surface area contributed by atoms with Crippen LogP contribution in [0.1, 0.15) is 16.1 Å². The number of aromatic carboxylic acids is 1. The molecule has 2 rings (SSSR count). The first kappa shape index (κ1) is 9.09. The molecular weight excluding hydrogens is 204 g/mol. The smallest absolute Gasteiger partial charge is 0.371 e. The van der Waals surface area contributed by atoms with E-state index >= 15 is 0 Å². The van der Waals surface area contributed by atoms with Gasteiger partial charge in [-0.3, -0.25) is 0 Å². The highest BCUT2D eigenvalue weighted by molar-refractivity contribution is 6.36. The topological polar surface area (TPSA) is 50.4 Å². The quantitative estimate of drug-likeness (QED) is 0.787. The third-order valence-corrected chi connectivity index (χ3v) is 2.54. The second-order valence-electron chi connectivity index (χ2n) is 3.02. The SMILES string of the molecule is Cc1ccc2oc(C(=O)O)cc2c1Cl. The molecule has 1 aromatic carbocycles. The van der Waals surface area contributed by atoms with Gasteiger partial charge in [0.15, 0.2) is 0 Å². The number of hydrogen-bond donors (Lipinski definition) is 1. The van der Waals surface area contributed by atoms with Crippen LogP contribution in [0, 0.1) is 6.92 Å². The van der Waals surface area contributed by atoms with Crippen LogP contribution in [0.15, 0.2) is 22.6 Å². The standard InChI is InChI=1S/C10H7ClO3/c1-5-2-3-7-6(9(5)11)4-8(14-7)10(12)13/h2-4H,1H3,(H,12,13). The first-order valence-electron chi connectivity index (χ1n) is 4.01. The maximum absolute atomic E-state index is 10.6. The van der Waals surface area contributed by atoms with E-state index in [1.165, 1.54) is 6.07 Å². The lowest BCUT2D eigenvalue weighted by Gasteiger charge is -1.95. The van der Waals surface area contributed by atoms with Crippen molar-refractivity contribution in [2.45, 2.75) is 6.92 Å². The van der Waals surface area contributed by atoms with Gasteiger partial charge in [0.2, 0.25) is 5.76 Å². The maximum Gasteiger partial charge on any atom is 0.371 e. The van der Waals surface area contributed by atoms with Crippen LogP contribution in [0.2, 0.25) is 5.02 Å². The minimum absolute atomic E-state index is 0.0903. The van der Waals surface area contributed by atoms with Crippen LogP contribution in [0.5, 0.6) is 0 Å². The van der Waals surface area contributed by atoms with Gasteiger partial charge >= 0.3 is 5.97 Å². The third-order valence-electron chi connectivity index (χ3n) is 2.04. The molecule has 0 fully saturated rings. The Morgan fingerprint density at radius 2 is 2.21 bits per heavy atom. The van der Waals surface area contributed by atoms with Gasteiger partial charge in [0.25, 0.3) is 0 Å². The van der Waals surface area contributed by atoms with Crippen LogP contribution in [0.4, 0.5) is 0 Å². The molecule has 0 spiro atoms. The van der Waals surface area contributed by atoms with Crippen molar-refractivity contribution in [2.75, 3.05) is 0 Å². The van der Waals surface area contributed by atoms with Crippen LogP contribution in [-0.2, 0) is 0 Å². The first-order chi connectivity index (χ1) is 6.59. The van der Waals surface area contributed by atoms with Gasteiger partial charge in [0.05, 0.1) is 5.02 Å². The van der Waals surface area contributed by atoms with E-state index < -0.39 is 5.97 Å². The molecule has 0 bridgehead atoms. The lowest BCUT2D eigenvalue weighted by Crippen LogP contribution is -1.91. The molecule has 0 aliphatic rings. The molecule has 1 aromatic heterocycles. The Morgan fingerprint density at radius 1 is 1.50 bits per heavy atom. The highest BCUT2D eigenvalue weighted by atomic mass is 35.5. The number of fused-ring (bicyclic) bond motifs is 1. The van der Waals surface area contributed by atoms with Gasteiger partial charge in [-0.05, 0) is 18.6 Å². The van der Waals surface area contributed by atoms with Crippen LogP contribution in [0.3, 0.4) is 0 Å². The molecule has 72 valence electrons. The molecule has 0 saturated heterocycles. The fourth-order valence-corrected chi connectivity index (χ4v) is 1.50. The second-order valence-corrected chi connectivity index (χ2v) is 3.40. The fourth-order valence-electron chi connectivity index (χ4n) is 1.29. The highest BCUT2D eigenvalue weighted by Gasteiger charge is 2.13. The van der Waals surface area contributed by atoms with E-state index in [0.29, 0.717) is 16.0 Å². The van der Waals surface area contributed by atoms with Crippen molar-refractivity contribution in [3.8, 4) is 0 Å². The highest BCUT2D eigenvalue weighted by Crippen LogP contribution is 2.29. The number of rotatable bonds is 1. The normalized spacial score (nSPS) is 10.7. The molecule has 0 aliphatic carbocycles. The summed E-state index contributed by atoms with van der Waals surface area (Å²) in [5.41, 5.74) is 1.40. The number of carboxylic acids is 1. The van der Waals surface area contributed by atoms with E-state index in [1.54, 1.807) is 12.1 Å². The monoisotopic (exact) mass is 210 g/mol. The van der Waals surface area contributed by atoms with Crippen molar-refractivity contribution in [2.24, 2.45) is 0 Å². The summed E-state index contributed by atoms with van der Waals surface area (Å²) in [6.07, 6.45) is 0. The molecular formula is C10H7ClO3. The van der Waals surface area contributed by atoms with Gasteiger partial charge in [-0.1, -0.05) is 17.7 Å². The molecule has 4 heteroatoms. The largest absolute Gasteiger partial charge is 0.475 e. The second kappa shape index (κ2) is 3.03. The lowest BCUT2D eigenvalue weighted by atomic mass is 10.2. The van der Waals surface area contributed by atoms with Crippen LogP contribution < -0.4 is 0 Å². The molecule has 0 aliphatic heterocycles. The van der Waals surface area contributed by atoms with E-state index in [1.807, 2.05) is 6.92 Å². The number of hydrogen-bond acceptors (Lipinski definition) is 2. The molecule has 1 heterocycles. The van der Waals surface area contributed by atoms with Gasteiger partial charge < -0.3 is 9.52 Å². The summed E-state index contributed by atoms with van der Waals surface area (Å²) in [4.78, 5) is 10.6. The molecule has 14 heavy (non-hydrogen) atoms. The molecule has 0 saturated carbocycles. The molecule has 2 aromatic rings. The Hall–Kier alpha value is -1.48. The molecule has 0 unspecified atom stereocenters. The summed E-state index contributed by atoms with van der Waals surface area (Å²) >= 11 is 5.99. The molecule has 3 nitrogen and oxygen atoms in total. The minimum atomic E-state index is -1.09. The molecule has 0 radical (unpaired) electrons. The van der Waals surface area contributed by atoms with E-state index in [2.05, 4.69) is 0 Å². The summed E-state index contributed by atoms with van der Waals surface area (Å²) in [5, 5.41) is 9.89. The van der Waals surface area contributed by atoms with Crippen molar-refractivity contribution in [1.29, 1.82) is 0 Å². The summed E-state index contributed by atoms with van der Waals surface area (Å²) < 4.78 is 5.08. The van der Waals surface area contributed by atoms with Crippen molar-refractivity contribution >= 4 is 28.5 Å². The summed E-state index contributed by atoms with van der Waals surface area (Å²) in [6, 6.07) is 4.94. The van der Waals surface area contributed by atoms with Gasteiger partial charge in [-0.2, -0.15) is 0 Å². The van der Waals surface area contributed by atoms with Gasteiger partial charge in [0.1, 0.15) is 5.58 Å². The predicted molar refractivity (Wildman–Crippen MR) is 52.9 cm³/mol. The first-order valence-corrected chi connectivity index (χ1v) is 4.39. The van der Waals surface area contributed by atoms with Crippen LogP contribution in [0.25, 0.3) is 11.0 Å². The zero-order valence-electron chi connectivity index (χ0n) is 7.37. The number of halogens is 1. The van der Waals surface area contributed by atoms with Crippen molar-refractivity contribution in [1.82, 2.24) is 0 Å². The van der Waals surface area contributed by atoms with E-state index in [0.717, 1.165) is 5.56 Å². The summed E-state index contributed by atoms with van der Waals surface area (Å²) in [6.45, 7) is 1.86. The number of benzene rings is 1. The van der Waals surface area contributed by atoms with E-state index in [9.17, 15) is 4.79 Å². The Morgan fingerprint density at radius 3 is 2.86 bits per heavy atom. The minimum Gasteiger partial charge on any atom is -0.475 e. The number of carboxylic acid groups (broad SMARTS) is 1. The summed E-state index contributed by atoms with van der Waals surface area (Å²) in [7, 11) is 0. The van der Waals surface area contributed by atoms with Gasteiger partial charge in [-0.25, -0.2) is 4.79 Å². The van der Waals surface area contributed by atoms with Crippen LogP contribution in [-0.4, -0.2) is 11.1 Å². The van der Waals surface area contributed by atoms with Crippen molar-refractivity contribution in [3.63, 3.8) is 0 Å². The number of furan rings is 1. The third kappa shape index (κ3) is 1.26. The zero-order valence-corrected chi connectivity index (χ0v) is 8.13. The average Bonchev–Trinajstić information content (AvgIpc) is 2.56. The fraction of sp³-hybridized carbons (Fsp3) is 0.100. The maximum atomic E-state index is 10.6. The molecule has 0 atom stereocenters. The number of carbonyl (C=O) groups is 1. The molecule has 1 N–H and O–H groups in total.